The van der Waals surface area contributed by atoms with E-state index < -0.39 is 6.04 Å². The molecule has 1 aromatic carbocycles. The fourth-order valence-corrected chi connectivity index (χ4v) is 1.84. The SMILES string of the molecule is CCOCC(NC(=O)C(N)c1ccc(C)cc1)C(C)C. The van der Waals surface area contributed by atoms with Crippen molar-refractivity contribution in [2.75, 3.05) is 13.2 Å². The molecular formula is C16H26N2O2. The molecule has 0 aliphatic rings. The minimum absolute atomic E-state index is 0.0149. The Morgan fingerprint density at radius 1 is 1.30 bits per heavy atom. The van der Waals surface area contributed by atoms with E-state index in [1.54, 1.807) is 0 Å². The van der Waals surface area contributed by atoms with Crippen LogP contribution >= 0.6 is 0 Å². The van der Waals surface area contributed by atoms with Gasteiger partial charge in [0, 0.05) is 6.61 Å². The Bertz CT molecular complexity index is 415. The maximum absolute atomic E-state index is 12.2. The van der Waals surface area contributed by atoms with Gasteiger partial charge >= 0.3 is 0 Å². The number of nitrogens with one attached hydrogen (secondary N) is 1. The molecular weight excluding hydrogens is 252 g/mol. The van der Waals surface area contributed by atoms with Crippen LogP contribution in [0.5, 0.6) is 0 Å². The van der Waals surface area contributed by atoms with Crippen LogP contribution in [0, 0.1) is 12.8 Å². The summed E-state index contributed by atoms with van der Waals surface area (Å²) in [5.41, 5.74) is 7.99. The second-order valence-corrected chi connectivity index (χ2v) is 5.41. The molecule has 0 aliphatic heterocycles. The number of rotatable bonds is 7. The molecule has 0 radical (unpaired) electrons. The van der Waals surface area contributed by atoms with Gasteiger partial charge in [0.2, 0.25) is 5.91 Å². The van der Waals surface area contributed by atoms with Crippen LogP contribution in [-0.4, -0.2) is 25.2 Å². The molecule has 0 aromatic heterocycles. The van der Waals surface area contributed by atoms with Crippen LogP contribution in [0.25, 0.3) is 0 Å². The Labute approximate surface area is 121 Å². The van der Waals surface area contributed by atoms with Crippen molar-refractivity contribution < 1.29 is 9.53 Å². The van der Waals surface area contributed by atoms with Gasteiger partial charge in [0.05, 0.1) is 12.6 Å². The van der Waals surface area contributed by atoms with Gasteiger partial charge in [-0.25, -0.2) is 0 Å². The van der Waals surface area contributed by atoms with Crippen LogP contribution in [0.15, 0.2) is 24.3 Å². The third-order valence-corrected chi connectivity index (χ3v) is 3.35. The Morgan fingerprint density at radius 2 is 1.90 bits per heavy atom. The van der Waals surface area contributed by atoms with Gasteiger partial charge in [-0.2, -0.15) is 0 Å². The predicted molar refractivity (Wildman–Crippen MR) is 81.4 cm³/mol. The van der Waals surface area contributed by atoms with E-state index in [-0.39, 0.29) is 11.9 Å². The molecule has 0 fully saturated rings. The van der Waals surface area contributed by atoms with Crippen LogP contribution in [0.4, 0.5) is 0 Å². The van der Waals surface area contributed by atoms with E-state index in [9.17, 15) is 4.79 Å². The third-order valence-electron chi connectivity index (χ3n) is 3.35. The average Bonchev–Trinajstić information content (AvgIpc) is 2.42. The quantitative estimate of drug-likeness (QED) is 0.803. The van der Waals surface area contributed by atoms with E-state index in [2.05, 4.69) is 19.2 Å². The number of ether oxygens (including phenoxy) is 1. The van der Waals surface area contributed by atoms with Gasteiger partial charge in [-0.1, -0.05) is 43.7 Å². The maximum Gasteiger partial charge on any atom is 0.241 e. The van der Waals surface area contributed by atoms with E-state index in [0.29, 0.717) is 19.1 Å². The van der Waals surface area contributed by atoms with E-state index >= 15 is 0 Å². The topological polar surface area (TPSA) is 64.3 Å². The van der Waals surface area contributed by atoms with Crippen LogP contribution in [0.2, 0.25) is 0 Å². The van der Waals surface area contributed by atoms with Crippen molar-refractivity contribution in [3.05, 3.63) is 35.4 Å². The molecule has 4 heteroatoms. The summed E-state index contributed by atoms with van der Waals surface area (Å²) in [6.07, 6.45) is 0. The number of nitrogens with two attached hydrogens (primary N) is 1. The largest absolute Gasteiger partial charge is 0.380 e. The summed E-state index contributed by atoms with van der Waals surface area (Å²) in [4.78, 5) is 12.2. The summed E-state index contributed by atoms with van der Waals surface area (Å²) in [5.74, 6) is 0.142. The minimum atomic E-state index is -0.640. The fraction of sp³-hybridized carbons (Fsp3) is 0.562. The van der Waals surface area contributed by atoms with Crippen LogP contribution in [0.3, 0.4) is 0 Å². The smallest absolute Gasteiger partial charge is 0.241 e. The first-order valence-corrected chi connectivity index (χ1v) is 7.16. The molecule has 1 amide bonds. The van der Waals surface area contributed by atoms with Gasteiger partial charge in [-0.05, 0) is 25.3 Å². The summed E-state index contributed by atoms with van der Waals surface area (Å²) in [7, 11) is 0. The maximum atomic E-state index is 12.2. The monoisotopic (exact) mass is 278 g/mol. The van der Waals surface area contributed by atoms with Crippen molar-refractivity contribution in [2.45, 2.75) is 39.8 Å². The lowest BCUT2D eigenvalue weighted by molar-refractivity contribution is -0.124. The van der Waals surface area contributed by atoms with Gasteiger partial charge < -0.3 is 15.8 Å². The molecule has 112 valence electrons. The molecule has 0 spiro atoms. The van der Waals surface area contributed by atoms with Crippen LogP contribution < -0.4 is 11.1 Å². The standard InChI is InChI=1S/C16H26N2O2/c1-5-20-10-14(11(2)3)18-16(19)15(17)13-8-6-12(4)7-9-13/h6-9,11,14-15H,5,10,17H2,1-4H3,(H,18,19). The normalized spacial score (nSPS) is 14.1. The van der Waals surface area contributed by atoms with Gasteiger partial charge in [0.25, 0.3) is 0 Å². The molecule has 0 bridgehead atoms. The Kier molecular flexibility index (Phi) is 6.68. The summed E-state index contributed by atoms with van der Waals surface area (Å²) in [6, 6.07) is 7.06. The number of amides is 1. The lowest BCUT2D eigenvalue weighted by atomic mass is 10.0. The van der Waals surface area contributed by atoms with Crippen molar-refractivity contribution in [1.29, 1.82) is 0 Å². The molecule has 0 aliphatic carbocycles. The summed E-state index contributed by atoms with van der Waals surface area (Å²) >= 11 is 0. The number of hydrogen-bond donors (Lipinski definition) is 2. The molecule has 2 atom stereocenters. The number of hydrogen-bond acceptors (Lipinski definition) is 3. The lowest BCUT2D eigenvalue weighted by Gasteiger charge is -2.24. The van der Waals surface area contributed by atoms with Gasteiger partial charge in [0.1, 0.15) is 6.04 Å². The number of aryl methyl sites for hydroxylation is 1. The van der Waals surface area contributed by atoms with E-state index in [4.69, 9.17) is 10.5 Å². The Balaban J connectivity index is 2.65. The molecule has 1 aromatic rings. The Morgan fingerprint density at radius 3 is 2.40 bits per heavy atom. The van der Waals surface area contributed by atoms with Gasteiger partial charge in [0.15, 0.2) is 0 Å². The van der Waals surface area contributed by atoms with E-state index in [1.165, 1.54) is 0 Å². The molecule has 3 N–H and O–H groups in total. The fourth-order valence-electron chi connectivity index (χ4n) is 1.84. The van der Waals surface area contributed by atoms with Crippen molar-refractivity contribution in [1.82, 2.24) is 5.32 Å². The first kappa shape index (κ1) is 16.7. The highest BCUT2D eigenvalue weighted by molar-refractivity contribution is 5.83. The number of carbonyl (C=O) groups excluding carboxylic acids is 1. The second-order valence-electron chi connectivity index (χ2n) is 5.41. The molecule has 2 unspecified atom stereocenters. The van der Waals surface area contributed by atoms with Crippen molar-refractivity contribution >= 4 is 5.91 Å². The third kappa shape index (κ3) is 4.94. The highest BCUT2D eigenvalue weighted by Gasteiger charge is 2.21. The first-order valence-electron chi connectivity index (χ1n) is 7.16. The molecule has 20 heavy (non-hydrogen) atoms. The zero-order chi connectivity index (χ0) is 15.1. The molecule has 1 rings (SSSR count). The minimum Gasteiger partial charge on any atom is -0.380 e. The summed E-state index contributed by atoms with van der Waals surface area (Å²) in [6.45, 7) is 9.22. The zero-order valence-corrected chi connectivity index (χ0v) is 12.8. The molecule has 4 nitrogen and oxygen atoms in total. The number of benzene rings is 1. The molecule has 0 heterocycles. The van der Waals surface area contributed by atoms with Crippen molar-refractivity contribution in [2.24, 2.45) is 11.7 Å². The second kappa shape index (κ2) is 8.02. The molecule has 0 saturated carbocycles. The highest BCUT2D eigenvalue weighted by Crippen LogP contribution is 2.13. The van der Waals surface area contributed by atoms with Gasteiger partial charge in [-0.3, -0.25) is 4.79 Å². The van der Waals surface area contributed by atoms with Crippen LogP contribution in [-0.2, 0) is 9.53 Å². The number of carbonyl (C=O) groups is 1. The van der Waals surface area contributed by atoms with Crippen molar-refractivity contribution in [3.63, 3.8) is 0 Å². The molecule has 0 saturated heterocycles. The van der Waals surface area contributed by atoms with Gasteiger partial charge in [-0.15, -0.1) is 0 Å². The average molecular weight is 278 g/mol. The lowest BCUT2D eigenvalue weighted by Crippen LogP contribution is -2.45. The van der Waals surface area contributed by atoms with E-state index in [1.807, 2.05) is 38.1 Å². The predicted octanol–water partition coefficient (Wildman–Crippen LogP) is 2.17. The summed E-state index contributed by atoms with van der Waals surface area (Å²) < 4.78 is 5.40. The highest BCUT2D eigenvalue weighted by atomic mass is 16.5. The zero-order valence-electron chi connectivity index (χ0n) is 12.8. The van der Waals surface area contributed by atoms with Crippen LogP contribution in [0.1, 0.15) is 37.9 Å². The first-order chi connectivity index (χ1) is 9.45. The van der Waals surface area contributed by atoms with Crippen molar-refractivity contribution in [3.8, 4) is 0 Å². The summed E-state index contributed by atoms with van der Waals surface area (Å²) in [5, 5.41) is 2.98. The Hall–Kier alpha value is -1.39. The van der Waals surface area contributed by atoms with E-state index in [0.717, 1.165) is 11.1 Å².